The number of rotatable bonds is 1. The first-order valence-corrected chi connectivity index (χ1v) is 6.72. The smallest absolute Gasteiger partial charge is 0.475 e. The minimum atomic E-state index is -5.08. The summed E-state index contributed by atoms with van der Waals surface area (Å²) in [6.07, 6.45) is -5.08. The Hall–Kier alpha value is -1.54. The van der Waals surface area contributed by atoms with Gasteiger partial charge < -0.3 is 15.3 Å². The number of carboxylic acids is 1. The van der Waals surface area contributed by atoms with E-state index < -0.39 is 12.1 Å². The monoisotopic (exact) mass is 340 g/mol. The maximum atomic E-state index is 13.6. The molecule has 0 bridgehead atoms. The lowest BCUT2D eigenvalue weighted by Crippen LogP contribution is -2.71. The predicted octanol–water partition coefficient (Wildman–Crippen LogP) is 2.52. The lowest BCUT2D eigenvalue weighted by Gasteiger charge is -2.57. The van der Waals surface area contributed by atoms with Crippen molar-refractivity contribution >= 4 is 23.3 Å². The van der Waals surface area contributed by atoms with E-state index in [0.717, 1.165) is 26.2 Å². The van der Waals surface area contributed by atoms with E-state index in [4.69, 9.17) is 21.5 Å². The molecule has 2 fully saturated rings. The highest BCUT2D eigenvalue weighted by atomic mass is 35.5. The molecule has 2 N–H and O–H groups in total. The van der Waals surface area contributed by atoms with Gasteiger partial charge in [-0.05, 0) is 18.2 Å². The summed E-state index contributed by atoms with van der Waals surface area (Å²) in [4.78, 5) is 11.0. The normalized spacial score (nSPS) is 18.9. The number of carboxylic acid groups (broad SMARTS) is 1. The lowest BCUT2D eigenvalue weighted by molar-refractivity contribution is -0.192. The third-order valence-electron chi connectivity index (χ3n) is 3.55. The second kappa shape index (κ2) is 5.92. The molecule has 2 heterocycles. The highest BCUT2D eigenvalue weighted by molar-refractivity contribution is 6.30. The number of benzene rings is 1. The van der Waals surface area contributed by atoms with E-state index in [1.807, 2.05) is 0 Å². The molecule has 1 aromatic rings. The van der Waals surface area contributed by atoms with Gasteiger partial charge in [0.15, 0.2) is 0 Å². The first-order valence-electron chi connectivity index (χ1n) is 6.34. The van der Waals surface area contributed by atoms with Gasteiger partial charge in [-0.2, -0.15) is 13.2 Å². The molecule has 1 spiro atoms. The van der Waals surface area contributed by atoms with Crippen molar-refractivity contribution in [2.45, 2.75) is 6.18 Å². The quantitative estimate of drug-likeness (QED) is 0.771. The molecule has 9 heteroatoms. The van der Waals surface area contributed by atoms with Crippen molar-refractivity contribution in [3.63, 3.8) is 0 Å². The molecule has 122 valence electrons. The highest BCUT2D eigenvalue weighted by Crippen LogP contribution is 2.38. The standard InChI is InChI=1S/C11H12ClFN2.C2HF3O2/c12-8-1-2-10(9(13)3-8)15-6-11(7-15)4-14-5-11;3-2(4,5)1(6)7/h1-3,14H,4-7H2;(H,6,7). The van der Waals surface area contributed by atoms with E-state index >= 15 is 0 Å². The molecule has 0 aliphatic carbocycles. The van der Waals surface area contributed by atoms with E-state index in [0.29, 0.717) is 16.1 Å². The lowest BCUT2D eigenvalue weighted by atomic mass is 9.74. The van der Waals surface area contributed by atoms with Gasteiger partial charge in [0.25, 0.3) is 0 Å². The van der Waals surface area contributed by atoms with Crippen LogP contribution in [0.15, 0.2) is 18.2 Å². The zero-order chi connectivity index (χ0) is 16.5. The van der Waals surface area contributed by atoms with E-state index in [1.165, 1.54) is 6.07 Å². The Balaban J connectivity index is 0.000000217. The van der Waals surface area contributed by atoms with E-state index in [-0.39, 0.29) is 5.82 Å². The maximum absolute atomic E-state index is 13.6. The van der Waals surface area contributed by atoms with Crippen LogP contribution in [0.4, 0.5) is 23.2 Å². The van der Waals surface area contributed by atoms with Crippen molar-refractivity contribution in [1.82, 2.24) is 5.32 Å². The number of alkyl halides is 3. The van der Waals surface area contributed by atoms with Crippen LogP contribution in [0.3, 0.4) is 0 Å². The Bertz CT molecular complexity index is 568. The van der Waals surface area contributed by atoms with E-state index in [9.17, 15) is 17.6 Å². The first kappa shape index (κ1) is 16.8. The third-order valence-corrected chi connectivity index (χ3v) is 3.78. The zero-order valence-corrected chi connectivity index (χ0v) is 12.0. The molecule has 2 aliphatic rings. The number of hydrogen-bond acceptors (Lipinski definition) is 3. The average Bonchev–Trinajstić information content (AvgIpc) is 2.27. The van der Waals surface area contributed by atoms with Crippen LogP contribution in [0, 0.1) is 11.2 Å². The number of carbonyl (C=O) groups is 1. The Morgan fingerprint density at radius 1 is 1.32 bits per heavy atom. The second-order valence-electron chi connectivity index (χ2n) is 5.36. The van der Waals surface area contributed by atoms with Crippen LogP contribution in [0.5, 0.6) is 0 Å². The van der Waals surface area contributed by atoms with Gasteiger partial charge in [0.2, 0.25) is 0 Å². The van der Waals surface area contributed by atoms with Crippen LogP contribution in [0.1, 0.15) is 0 Å². The van der Waals surface area contributed by atoms with Crippen molar-refractivity contribution in [3.8, 4) is 0 Å². The van der Waals surface area contributed by atoms with Crippen LogP contribution in [0.25, 0.3) is 0 Å². The molecule has 0 aromatic heterocycles. The largest absolute Gasteiger partial charge is 0.490 e. The number of hydrogen-bond donors (Lipinski definition) is 2. The molecule has 0 radical (unpaired) electrons. The number of nitrogens with one attached hydrogen (secondary N) is 1. The first-order chi connectivity index (χ1) is 10.1. The molecule has 2 aliphatic heterocycles. The van der Waals surface area contributed by atoms with Crippen LogP contribution < -0.4 is 10.2 Å². The predicted molar refractivity (Wildman–Crippen MR) is 72.6 cm³/mol. The van der Waals surface area contributed by atoms with E-state index in [2.05, 4.69) is 10.2 Å². The molecule has 0 saturated carbocycles. The summed E-state index contributed by atoms with van der Waals surface area (Å²) in [5.41, 5.74) is 1.10. The molecule has 0 amide bonds. The summed E-state index contributed by atoms with van der Waals surface area (Å²) in [5.74, 6) is -2.97. The zero-order valence-electron chi connectivity index (χ0n) is 11.3. The van der Waals surface area contributed by atoms with Gasteiger partial charge in [0.1, 0.15) is 5.82 Å². The van der Waals surface area contributed by atoms with Crippen molar-refractivity contribution in [1.29, 1.82) is 0 Å². The minimum Gasteiger partial charge on any atom is -0.475 e. The Labute approximate surface area is 128 Å². The maximum Gasteiger partial charge on any atom is 0.490 e. The van der Waals surface area contributed by atoms with Gasteiger partial charge >= 0.3 is 12.1 Å². The molecule has 2 saturated heterocycles. The van der Waals surface area contributed by atoms with Gasteiger partial charge in [-0.25, -0.2) is 9.18 Å². The summed E-state index contributed by atoms with van der Waals surface area (Å²) >= 11 is 5.71. The summed E-state index contributed by atoms with van der Waals surface area (Å²) in [7, 11) is 0. The minimum absolute atomic E-state index is 0.218. The molecule has 1 aromatic carbocycles. The number of aliphatic carboxylic acids is 1. The van der Waals surface area contributed by atoms with Crippen LogP contribution in [-0.4, -0.2) is 43.4 Å². The topological polar surface area (TPSA) is 52.6 Å². The van der Waals surface area contributed by atoms with Crippen molar-refractivity contribution < 1.29 is 27.5 Å². The molecular weight excluding hydrogens is 328 g/mol. The fourth-order valence-electron chi connectivity index (χ4n) is 2.37. The third kappa shape index (κ3) is 3.61. The van der Waals surface area contributed by atoms with Gasteiger partial charge in [0.05, 0.1) is 5.69 Å². The number of halogens is 5. The second-order valence-corrected chi connectivity index (χ2v) is 5.79. The number of nitrogens with zero attached hydrogens (tertiary/aromatic N) is 1. The fraction of sp³-hybridized carbons (Fsp3) is 0.462. The van der Waals surface area contributed by atoms with Gasteiger partial charge in [-0.15, -0.1) is 0 Å². The van der Waals surface area contributed by atoms with Gasteiger partial charge in [-0.1, -0.05) is 11.6 Å². The Morgan fingerprint density at radius 3 is 2.23 bits per heavy atom. The van der Waals surface area contributed by atoms with E-state index in [1.54, 1.807) is 12.1 Å². The van der Waals surface area contributed by atoms with Crippen LogP contribution >= 0.6 is 11.6 Å². The van der Waals surface area contributed by atoms with Crippen LogP contribution in [-0.2, 0) is 4.79 Å². The average molecular weight is 341 g/mol. The number of anilines is 1. The molecule has 3 rings (SSSR count). The van der Waals surface area contributed by atoms with Crippen molar-refractivity contribution in [3.05, 3.63) is 29.0 Å². The molecule has 4 nitrogen and oxygen atoms in total. The molecule has 0 unspecified atom stereocenters. The Kier molecular flexibility index (Phi) is 4.53. The van der Waals surface area contributed by atoms with Crippen molar-refractivity contribution in [2.75, 3.05) is 31.1 Å². The van der Waals surface area contributed by atoms with Crippen molar-refractivity contribution in [2.24, 2.45) is 5.41 Å². The Morgan fingerprint density at radius 2 is 1.86 bits per heavy atom. The summed E-state index contributed by atoms with van der Waals surface area (Å²) in [5, 5.41) is 10.8. The fourth-order valence-corrected chi connectivity index (χ4v) is 2.53. The summed E-state index contributed by atoms with van der Waals surface area (Å²) in [6, 6.07) is 4.88. The van der Waals surface area contributed by atoms with Crippen LogP contribution in [0.2, 0.25) is 5.02 Å². The molecular formula is C13H13ClF4N2O2. The molecule has 22 heavy (non-hydrogen) atoms. The van der Waals surface area contributed by atoms with Gasteiger partial charge in [-0.3, -0.25) is 0 Å². The SMILES string of the molecule is Fc1cc(Cl)ccc1N1CC2(CNC2)C1.O=C(O)C(F)(F)F. The summed E-state index contributed by atoms with van der Waals surface area (Å²) < 4.78 is 45.3. The highest BCUT2D eigenvalue weighted by Gasteiger charge is 2.48. The summed E-state index contributed by atoms with van der Waals surface area (Å²) in [6.45, 7) is 4.05. The van der Waals surface area contributed by atoms with Gasteiger partial charge in [0, 0.05) is 36.6 Å². The molecule has 0 atom stereocenters.